The molecule has 1 aliphatic rings. The van der Waals surface area contributed by atoms with E-state index in [9.17, 15) is 10.1 Å². The van der Waals surface area contributed by atoms with E-state index >= 15 is 0 Å². The van der Waals surface area contributed by atoms with Gasteiger partial charge in [-0.2, -0.15) is 5.26 Å². The second-order valence-electron chi connectivity index (χ2n) is 4.19. The molecule has 0 unspecified atom stereocenters. The molecule has 16 heavy (non-hydrogen) atoms. The number of nitrogens with one attached hydrogen (secondary N) is 1. The summed E-state index contributed by atoms with van der Waals surface area (Å²) in [5.41, 5.74) is -0.626. The van der Waals surface area contributed by atoms with Gasteiger partial charge < -0.3 is 5.32 Å². The summed E-state index contributed by atoms with van der Waals surface area (Å²) in [6.07, 6.45) is 4.77. The normalized spacial score (nSPS) is 18.7. The van der Waals surface area contributed by atoms with Gasteiger partial charge in [-0.1, -0.05) is 25.3 Å². The van der Waals surface area contributed by atoms with Crippen molar-refractivity contribution in [2.45, 2.75) is 37.6 Å². The van der Waals surface area contributed by atoms with Gasteiger partial charge in [0.2, 0.25) is 0 Å². The molecular formula is C12H14N2OS. The van der Waals surface area contributed by atoms with Gasteiger partial charge in [-0.05, 0) is 24.3 Å². The highest BCUT2D eigenvalue weighted by Gasteiger charge is 2.33. The van der Waals surface area contributed by atoms with E-state index in [4.69, 9.17) is 0 Å². The van der Waals surface area contributed by atoms with Crippen molar-refractivity contribution >= 4 is 17.2 Å². The zero-order valence-corrected chi connectivity index (χ0v) is 9.85. The lowest BCUT2D eigenvalue weighted by molar-refractivity contribution is 0.0907. The Balaban J connectivity index is 2.07. The predicted molar refractivity (Wildman–Crippen MR) is 63.2 cm³/mol. The highest BCUT2D eigenvalue weighted by molar-refractivity contribution is 7.12. The minimum Gasteiger partial charge on any atom is -0.333 e. The highest BCUT2D eigenvalue weighted by atomic mass is 32.1. The molecule has 1 amide bonds. The van der Waals surface area contributed by atoms with Gasteiger partial charge in [-0.15, -0.1) is 11.3 Å². The molecular weight excluding hydrogens is 220 g/mol. The fourth-order valence-electron chi connectivity index (χ4n) is 2.11. The summed E-state index contributed by atoms with van der Waals surface area (Å²) in [5, 5.41) is 14.0. The van der Waals surface area contributed by atoms with E-state index in [2.05, 4.69) is 11.4 Å². The topological polar surface area (TPSA) is 52.9 Å². The highest BCUT2D eigenvalue weighted by Crippen LogP contribution is 2.28. The van der Waals surface area contributed by atoms with Crippen LogP contribution in [-0.4, -0.2) is 11.4 Å². The number of hydrogen-bond donors (Lipinski definition) is 1. The van der Waals surface area contributed by atoms with E-state index in [1.165, 1.54) is 11.3 Å². The van der Waals surface area contributed by atoms with E-state index in [0.717, 1.165) is 32.1 Å². The molecule has 1 aromatic rings. The molecule has 0 spiro atoms. The molecule has 2 rings (SSSR count). The molecule has 0 aliphatic heterocycles. The van der Waals surface area contributed by atoms with Crippen LogP contribution < -0.4 is 5.32 Å². The number of carbonyl (C=O) groups excluding carboxylic acids is 1. The average Bonchev–Trinajstić information content (AvgIpc) is 2.84. The molecule has 1 N–H and O–H groups in total. The van der Waals surface area contributed by atoms with Gasteiger partial charge in [0.05, 0.1) is 10.9 Å². The van der Waals surface area contributed by atoms with Crippen LogP contribution in [0.25, 0.3) is 0 Å². The monoisotopic (exact) mass is 234 g/mol. The zero-order chi connectivity index (χ0) is 11.4. The molecule has 1 saturated carbocycles. The molecule has 1 fully saturated rings. The second-order valence-corrected chi connectivity index (χ2v) is 5.13. The molecule has 1 heterocycles. The smallest absolute Gasteiger partial charge is 0.262 e. The summed E-state index contributed by atoms with van der Waals surface area (Å²) >= 11 is 1.41. The molecule has 84 valence electrons. The first-order chi connectivity index (χ1) is 7.76. The van der Waals surface area contributed by atoms with Crippen molar-refractivity contribution in [3.8, 4) is 6.07 Å². The number of amides is 1. The molecule has 0 radical (unpaired) electrons. The van der Waals surface area contributed by atoms with Crippen molar-refractivity contribution in [3.63, 3.8) is 0 Å². The van der Waals surface area contributed by atoms with Crippen LogP contribution in [0.4, 0.5) is 0 Å². The average molecular weight is 234 g/mol. The third-order valence-electron chi connectivity index (χ3n) is 3.02. The zero-order valence-electron chi connectivity index (χ0n) is 9.03. The lowest BCUT2D eigenvalue weighted by atomic mass is 9.83. The minimum atomic E-state index is -0.626. The molecule has 0 bridgehead atoms. The van der Waals surface area contributed by atoms with Gasteiger partial charge in [0, 0.05) is 0 Å². The SMILES string of the molecule is N#CC1(NC(=O)c2cccs2)CCCCC1. The van der Waals surface area contributed by atoms with Crippen molar-refractivity contribution in [2.75, 3.05) is 0 Å². The Labute approximate surface area is 99.1 Å². The van der Waals surface area contributed by atoms with Crippen molar-refractivity contribution in [1.29, 1.82) is 5.26 Å². The van der Waals surface area contributed by atoms with Gasteiger partial charge in [-0.3, -0.25) is 4.79 Å². The standard InChI is InChI=1S/C12H14N2OS/c13-9-12(6-2-1-3-7-12)14-11(15)10-5-4-8-16-10/h4-5,8H,1-3,6-7H2,(H,14,15). The molecule has 0 aromatic carbocycles. The fourth-order valence-corrected chi connectivity index (χ4v) is 2.73. The number of nitrogens with zero attached hydrogens (tertiary/aromatic N) is 1. The summed E-state index contributed by atoms with van der Waals surface area (Å²) in [7, 11) is 0. The Kier molecular flexibility index (Phi) is 3.25. The molecule has 0 atom stereocenters. The molecule has 1 aromatic heterocycles. The number of nitriles is 1. The van der Waals surface area contributed by atoms with E-state index in [1.54, 1.807) is 6.07 Å². The minimum absolute atomic E-state index is 0.113. The Bertz CT molecular complexity index is 399. The quantitative estimate of drug-likeness (QED) is 0.855. The summed E-state index contributed by atoms with van der Waals surface area (Å²) in [4.78, 5) is 12.6. The molecule has 0 saturated heterocycles. The van der Waals surface area contributed by atoms with Crippen LogP contribution in [0.3, 0.4) is 0 Å². The first kappa shape index (κ1) is 11.2. The first-order valence-electron chi connectivity index (χ1n) is 5.53. The van der Waals surface area contributed by atoms with Crippen LogP contribution in [0, 0.1) is 11.3 Å². The van der Waals surface area contributed by atoms with Crippen LogP contribution in [0.2, 0.25) is 0 Å². The lowest BCUT2D eigenvalue weighted by Crippen LogP contribution is -2.48. The Morgan fingerprint density at radius 1 is 1.44 bits per heavy atom. The summed E-state index contributed by atoms with van der Waals surface area (Å²) < 4.78 is 0. The molecule has 3 nitrogen and oxygen atoms in total. The van der Waals surface area contributed by atoms with Crippen LogP contribution in [0.1, 0.15) is 41.8 Å². The van der Waals surface area contributed by atoms with Crippen LogP contribution in [0.5, 0.6) is 0 Å². The Hall–Kier alpha value is -1.34. The van der Waals surface area contributed by atoms with Crippen LogP contribution in [-0.2, 0) is 0 Å². The molecule has 1 aliphatic carbocycles. The van der Waals surface area contributed by atoms with Crippen LogP contribution >= 0.6 is 11.3 Å². The van der Waals surface area contributed by atoms with E-state index in [0.29, 0.717) is 4.88 Å². The van der Waals surface area contributed by atoms with Crippen LogP contribution in [0.15, 0.2) is 17.5 Å². The van der Waals surface area contributed by atoms with E-state index < -0.39 is 5.54 Å². The fraction of sp³-hybridized carbons (Fsp3) is 0.500. The van der Waals surface area contributed by atoms with E-state index in [-0.39, 0.29) is 5.91 Å². The number of hydrogen-bond acceptors (Lipinski definition) is 3. The largest absolute Gasteiger partial charge is 0.333 e. The van der Waals surface area contributed by atoms with Crippen molar-refractivity contribution in [1.82, 2.24) is 5.32 Å². The van der Waals surface area contributed by atoms with Gasteiger partial charge in [0.25, 0.3) is 5.91 Å². The summed E-state index contributed by atoms with van der Waals surface area (Å²) in [6, 6.07) is 5.92. The first-order valence-corrected chi connectivity index (χ1v) is 6.41. The van der Waals surface area contributed by atoms with Gasteiger partial charge >= 0.3 is 0 Å². The van der Waals surface area contributed by atoms with Gasteiger partial charge in [0.15, 0.2) is 0 Å². The number of rotatable bonds is 2. The molecule has 4 heteroatoms. The maximum absolute atomic E-state index is 11.9. The second kappa shape index (κ2) is 4.67. The summed E-state index contributed by atoms with van der Waals surface area (Å²) in [6.45, 7) is 0. The predicted octanol–water partition coefficient (Wildman–Crippen LogP) is 2.70. The summed E-state index contributed by atoms with van der Waals surface area (Å²) in [5.74, 6) is -0.113. The maximum Gasteiger partial charge on any atom is 0.262 e. The Morgan fingerprint density at radius 3 is 2.75 bits per heavy atom. The third-order valence-corrected chi connectivity index (χ3v) is 3.89. The van der Waals surface area contributed by atoms with Crippen molar-refractivity contribution < 1.29 is 4.79 Å². The van der Waals surface area contributed by atoms with Crippen molar-refractivity contribution in [3.05, 3.63) is 22.4 Å². The van der Waals surface area contributed by atoms with Gasteiger partial charge in [0.1, 0.15) is 5.54 Å². The number of thiophene rings is 1. The van der Waals surface area contributed by atoms with Crippen molar-refractivity contribution in [2.24, 2.45) is 0 Å². The Morgan fingerprint density at radius 2 is 2.19 bits per heavy atom. The van der Waals surface area contributed by atoms with E-state index in [1.807, 2.05) is 11.4 Å². The third kappa shape index (κ3) is 2.25. The maximum atomic E-state index is 11.9. The number of carbonyl (C=O) groups is 1. The van der Waals surface area contributed by atoms with Gasteiger partial charge in [-0.25, -0.2) is 0 Å². The lowest BCUT2D eigenvalue weighted by Gasteiger charge is -2.31.